The van der Waals surface area contributed by atoms with Gasteiger partial charge in [-0.15, -0.1) is 4.89 Å². The number of hydrogen-bond donors (Lipinski definition) is 1. The molecule has 1 aromatic rings. The SMILES string of the molecule is CCN(C(=O)C(F)(CC)O[P+](=O)O)c1ccc(N=CN(C)C)c(C#N)c1. The Bertz CT molecular complexity index is 750. The van der Waals surface area contributed by atoms with Crippen LogP contribution in [0.5, 0.6) is 0 Å². The lowest BCUT2D eigenvalue weighted by molar-refractivity contribution is -0.152. The van der Waals surface area contributed by atoms with Crippen LogP contribution in [0.2, 0.25) is 0 Å². The molecule has 0 aliphatic rings. The summed E-state index contributed by atoms with van der Waals surface area (Å²) in [6.45, 7) is 3.00. The van der Waals surface area contributed by atoms with Gasteiger partial charge in [0.2, 0.25) is 0 Å². The summed E-state index contributed by atoms with van der Waals surface area (Å²) >= 11 is 0. The first-order valence-corrected chi connectivity index (χ1v) is 8.92. The predicted molar refractivity (Wildman–Crippen MR) is 96.1 cm³/mol. The number of nitrogens with zero attached hydrogens (tertiary/aromatic N) is 4. The number of alkyl halides is 1. The van der Waals surface area contributed by atoms with Crippen molar-refractivity contribution in [2.75, 3.05) is 25.5 Å². The number of hydrogen-bond acceptors (Lipinski definition) is 5. The average Bonchev–Trinajstić information content (AvgIpc) is 2.59. The van der Waals surface area contributed by atoms with E-state index in [9.17, 15) is 19.0 Å². The molecule has 0 spiro atoms. The maximum atomic E-state index is 14.7. The highest BCUT2D eigenvalue weighted by Gasteiger charge is 2.49. The minimum atomic E-state index is -3.30. The van der Waals surface area contributed by atoms with Crippen molar-refractivity contribution in [3.05, 3.63) is 23.8 Å². The molecule has 1 rings (SSSR count). The van der Waals surface area contributed by atoms with Crippen molar-refractivity contribution < 1.29 is 23.2 Å². The molecule has 1 aromatic carbocycles. The third kappa shape index (κ3) is 5.30. The molecule has 8 nitrogen and oxygen atoms in total. The second-order valence-corrected chi connectivity index (χ2v) is 6.14. The largest absolute Gasteiger partial charge is 0.698 e. The molecular formula is C16H21FN4O4P+. The highest BCUT2D eigenvalue weighted by Crippen LogP contribution is 2.34. The van der Waals surface area contributed by atoms with Crippen molar-refractivity contribution in [2.24, 2.45) is 4.99 Å². The van der Waals surface area contributed by atoms with Crippen LogP contribution in [0.25, 0.3) is 0 Å². The third-order valence-corrected chi connectivity index (χ3v) is 3.84. The van der Waals surface area contributed by atoms with E-state index in [2.05, 4.69) is 9.52 Å². The van der Waals surface area contributed by atoms with Crippen LogP contribution in [0.15, 0.2) is 23.2 Å². The summed E-state index contributed by atoms with van der Waals surface area (Å²) in [5.41, 5.74) is 0.845. The van der Waals surface area contributed by atoms with E-state index in [0.29, 0.717) is 5.69 Å². The van der Waals surface area contributed by atoms with Crippen LogP contribution < -0.4 is 4.90 Å². The van der Waals surface area contributed by atoms with Gasteiger partial charge in [0.05, 0.1) is 17.6 Å². The number of carbonyl (C=O) groups excluding carboxylic acids is 1. The number of amides is 1. The Morgan fingerprint density at radius 3 is 2.62 bits per heavy atom. The number of rotatable bonds is 8. The van der Waals surface area contributed by atoms with E-state index in [1.807, 2.05) is 6.07 Å². The Labute approximate surface area is 152 Å². The van der Waals surface area contributed by atoms with Crippen molar-refractivity contribution in [3.8, 4) is 6.07 Å². The van der Waals surface area contributed by atoms with Crippen molar-refractivity contribution in [1.29, 1.82) is 5.26 Å². The average molecular weight is 383 g/mol. The monoisotopic (exact) mass is 383 g/mol. The van der Waals surface area contributed by atoms with E-state index in [4.69, 9.17) is 4.89 Å². The van der Waals surface area contributed by atoms with Crippen LogP contribution in [0.4, 0.5) is 15.8 Å². The number of carbonyl (C=O) groups is 1. The molecule has 0 aromatic heterocycles. The second-order valence-electron chi connectivity index (χ2n) is 5.48. The summed E-state index contributed by atoms with van der Waals surface area (Å²) in [7, 11) is 0.254. The standard InChI is InChI=1S/C16H20FN4O4P/c1-5-16(17,25-26(23)24)15(22)21(6-2)13-7-8-14(12(9-13)10-18)19-11-20(3)4/h7-9,11H,5-6H2,1-4H3/p+1. The molecule has 1 N–H and O–H groups in total. The number of nitriles is 1. The van der Waals surface area contributed by atoms with Crippen LogP contribution in [-0.4, -0.2) is 48.5 Å². The molecule has 0 fully saturated rings. The first-order valence-electron chi connectivity index (χ1n) is 7.79. The lowest BCUT2D eigenvalue weighted by atomic mass is 10.1. The fraction of sp³-hybridized carbons (Fsp3) is 0.438. The van der Waals surface area contributed by atoms with E-state index in [0.717, 1.165) is 4.90 Å². The lowest BCUT2D eigenvalue weighted by Crippen LogP contribution is -2.47. The van der Waals surface area contributed by atoms with Gasteiger partial charge in [-0.05, 0) is 25.1 Å². The number of anilines is 1. The zero-order valence-corrected chi connectivity index (χ0v) is 15.9. The number of benzene rings is 1. The zero-order chi connectivity index (χ0) is 19.9. The van der Waals surface area contributed by atoms with Gasteiger partial charge in [0.25, 0.3) is 5.91 Å². The highest BCUT2D eigenvalue weighted by atomic mass is 31.1. The van der Waals surface area contributed by atoms with Crippen LogP contribution in [0.3, 0.4) is 0 Å². The summed E-state index contributed by atoms with van der Waals surface area (Å²) in [5.74, 6) is -4.06. The second kappa shape index (κ2) is 9.34. The van der Waals surface area contributed by atoms with Gasteiger partial charge in [0.1, 0.15) is 6.07 Å². The van der Waals surface area contributed by atoms with Crippen LogP contribution in [-0.2, 0) is 13.9 Å². The summed E-state index contributed by atoms with van der Waals surface area (Å²) < 4.78 is 29.9. The van der Waals surface area contributed by atoms with E-state index < -0.39 is 26.4 Å². The highest BCUT2D eigenvalue weighted by molar-refractivity contribution is 7.32. The molecule has 1 amide bonds. The van der Waals surface area contributed by atoms with Crippen LogP contribution in [0.1, 0.15) is 25.8 Å². The molecule has 140 valence electrons. The van der Waals surface area contributed by atoms with Crippen molar-refractivity contribution in [1.82, 2.24) is 4.90 Å². The fourth-order valence-corrected chi connectivity index (χ4v) is 2.55. The third-order valence-electron chi connectivity index (χ3n) is 3.40. The Morgan fingerprint density at radius 2 is 2.15 bits per heavy atom. The van der Waals surface area contributed by atoms with Gasteiger partial charge >= 0.3 is 14.1 Å². The Kier molecular flexibility index (Phi) is 7.77. The Balaban J connectivity index is 3.27. The minimum Gasteiger partial charge on any atom is -0.369 e. The van der Waals surface area contributed by atoms with E-state index >= 15 is 0 Å². The molecule has 0 radical (unpaired) electrons. The van der Waals surface area contributed by atoms with Crippen molar-refractivity contribution >= 4 is 31.9 Å². The first kappa shape index (κ1) is 21.6. The van der Waals surface area contributed by atoms with Crippen molar-refractivity contribution in [2.45, 2.75) is 26.1 Å². The molecule has 2 atom stereocenters. The molecule has 10 heteroatoms. The first-order chi connectivity index (χ1) is 12.2. The molecule has 0 saturated carbocycles. The summed E-state index contributed by atoms with van der Waals surface area (Å²) in [5, 5.41) is 9.31. The summed E-state index contributed by atoms with van der Waals surface area (Å²) in [6.07, 6.45) is 1.08. The lowest BCUT2D eigenvalue weighted by Gasteiger charge is -2.26. The number of aliphatic imine (C=N–C) groups is 1. The van der Waals surface area contributed by atoms with E-state index in [1.165, 1.54) is 31.5 Å². The summed E-state index contributed by atoms with van der Waals surface area (Å²) in [4.78, 5) is 28.3. The van der Waals surface area contributed by atoms with Gasteiger partial charge in [0.15, 0.2) is 0 Å². The zero-order valence-electron chi connectivity index (χ0n) is 15.0. The van der Waals surface area contributed by atoms with E-state index in [-0.39, 0.29) is 17.8 Å². The predicted octanol–water partition coefficient (Wildman–Crippen LogP) is 2.87. The van der Waals surface area contributed by atoms with E-state index in [1.54, 1.807) is 25.9 Å². The molecule has 26 heavy (non-hydrogen) atoms. The smallest absolute Gasteiger partial charge is 0.369 e. The molecule has 0 heterocycles. The molecular weight excluding hydrogens is 362 g/mol. The van der Waals surface area contributed by atoms with Gasteiger partial charge < -0.3 is 9.80 Å². The normalized spacial score (nSPS) is 13.8. The molecule has 0 aliphatic carbocycles. The van der Waals surface area contributed by atoms with Gasteiger partial charge in [-0.1, -0.05) is 11.4 Å². The minimum absolute atomic E-state index is 0.0707. The summed E-state index contributed by atoms with van der Waals surface area (Å²) in [6, 6.07) is 6.43. The quantitative estimate of drug-likeness (QED) is 0.420. The molecule has 0 aliphatic heterocycles. The van der Waals surface area contributed by atoms with Gasteiger partial charge in [-0.3, -0.25) is 4.79 Å². The van der Waals surface area contributed by atoms with Gasteiger partial charge in [0, 0.05) is 37.3 Å². The fourth-order valence-electron chi connectivity index (χ4n) is 2.10. The maximum Gasteiger partial charge on any atom is 0.698 e. The molecule has 2 unspecified atom stereocenters. The maximum absolute atomic E-state index is 14.7. The van der Waals surface area contributed by atoms with Crippen molar-refractivity contribution in [3.63, 3.8) is 0 Å². The van der Waals surface area contributed by atoms with Gasteiger partial charge in [-0.25, -0.2) is 4.99 Å². The van der Waals surface area contributed by atoms with Gasteiger partial charge in [-0.2, -0.15) is 9.65 Å². The Morgan fingerprint density at radius 1 is 1.50 bits per heavy atom. The molecule has 0 saturated heterocycles. The van der Waals surface area contributed by atoms with Crippen LogP contribution >= 0.6 is 8.25 Å². The number of halogens is 1. The molecule has 0 bridgehead atoms. The Hall–Kier alpha value is -2.40. The van der Waals surface area contributed by atoms with Crippen LogP contribution in [0, 0.1) is 11.3 Å². The number of likely N-dealkylation sites (N-methyl/N-ethyl adjacent to an activating group) is 1. The topological polar surface area (TPSA) is 106 Å².